The summed E-state index contributed by atoms with van der Waals surface area (Å²) in [6.07, 6.45) is 8.43. The molecule has 3 heteroatoms. The van der Waals surface area contributed by atoms with Gasteiger partial charge in [-0.1, -0.05) is 6.92 Å². The summed E-state index contributed by atoms with van der Waals surface area (Å²) in [4.78, 5) is 2.63. The number of hydrogen-bond donors (Lipinski definition) is 1. The largest absolute Gasteiger partial charge is 0.378 e. The fraction of sp³-hybridized carbons (Fsp3) is 1.00. The molecule has 2 rings (SSSR count). The number of hydrogen-bond acceptors (Lipinski definition) is 3. The lowest BCUT2D eigenvalue weighted by Crippen LogP contribution is -2.45. The van der Waals surface area contributed by atoms with Gasteiger partial charge in [-0.25, -0.2) is 0 Å². The minimum atomic E-state index is 0.573. The summed E-state index contributed by atoms with van der Waals surface area (Å²) in [5.74, 6) is 0. The van der Waals surface area contributed by atoms with E-state index in [2.05, 4.69) is 17.1 Å². The highest BCUT2D eigenvalue weighted by Gasteiger charge is 2.19. The highest BCUT2D eigenvalue weighted by molar-refractivity contribution is 4.78. The lowest BCUT2D eigenvalue weighted by molar-refractivity contribution is 0.0963. The predicted molar refractivity (Wildman–Crippen MR) is 71.3 cm³/mol. The Balaban J connectivity index is 1.58. The van der Waals surface area contributed by atoms with Crippen LogP contribution in [-0.2, 0) is 4.74 Å². The van der Waals surface area contributed by atoms with E-state index in [0.717, 1.165) is 19.2 Å². The SMILES string of the molecule is CCNC1CCCN(CCCC2CCCO2)C1. The van der Waals surface area contributed by atoms with Crippen LogP contribution in [0, 0.1) is 0 Å². The number of likely N-dealkylation sites (N-methyl/N-ethyl adjacent to an activating group) is 1. The molecule has 17 heavy (non-hydrogen) atoms. The first-order valence-corrected chi connectivity index (χ1v) is 7.46. The molecule has 0 aromatic carbocycles. The van der Waals surface area contributed by atoms with E-state index in [1.165, 1.54) is 58.2 Å². The van der Waals surface area contributed by atoms with Crippen LogP contribution < -0.4 is 5.32 Å². The lowest BCUT2D eigenvalue weighted by atomic mass is 10.0. The summed E-state index contributed by atoms with van der Waals surface area (Å²) < 4.78 is 5.67. The first-order valence-electron chi connectivity index (χ1n) is 7.46. The Kier molecular flexibility index (Phi) is 5.75. The summed E-state index contributed by atoms with van der Waals surface area (Å²) in [6, 6.07) is 0.733. The third-order valence-corrected chi connectivity index (χ3v) is 4.02. The summed E-state index contributed by atoms with van der Waals surface area (Å²) in [7, 11) is 0. The molecule has 2 saturated heterocycles. The van der Waals surface area contributed by atoms with Gasteiger partial charge in [-0.2, -0.15) is 0 Å². The molecule has 2 atom stereocenters. The van der Waals surface area contributed by atoms with Crippen molar-refractivity contribution in [3.63, 3.8) is 0 Å². The number of ether oxygens (including phenoxy) is 1. The van der Waals surface area contributed by atoms with Crippen LogP contribution >= 0.6 is 0 Å². The van der Waals surface area contributed by atoms with E-state index in [1.54, 1.807) is 0 Å². The Morgan fingerprint density at radius 3 is 3.00 bits per heavy atom. The van der Waals surface area contributed by atoms with Crippen molar-refractivity contribution in [2.24, 2.45) is 0 Å². The minimum Gasteiger partial charge on any atom is -0.378 e. The Bertz CT molecular complexity index is 202. The Morgan fingerprint density at radius 2 is 2.24 bits per heavy atom. The molecule has 2 aliphatic rings. The van der Waals surface area contributed by atoms with Gasteiger partial charge in [-0.05, 0) is 58.2 Å². The molecule has 0 spiro atoms. The summed E-state index contributed by atoms with van der Waals surface area (Å²) in [5.41, 5.74) is 0. The maximum Gasteiger partial charge on any atom is 0.0576 e. The quantitative estimate of drug-likeness (QED) is 0.769. The maximum atomic E-state index is 5.67. The van der Waals surface area contributed by atoms with E-state index in [-0.39, 0.29) is 0 Å². The van der Waals surface area contributed by atoms with Crippen molar-refractivity contribution < 1.29 is 4.74 Å². The van der Waals surface area contributed by atoms with Crippen LogP contribution in [0.25, 0.3) is 0 Å². The molecule has 0 aromatic heterocycles. The molecule has 3 nitrogen and oxygen atoms in total. The van der Waals surface area contributed by atoms with Crippen LogP contribution in [0.5, 0.6) is 0 Å². The van der Waals surface area contributed by atoms with Gasteiger partial charge >= 0.3 is 0 Å². The van der Waals surface area contributed by atoms with Gasteiger partial charge in [0.05, 0.1) is 6.10 Å². The maximum absolute atomic E-state index is 5.67. The van der Waals surface area contributed by atoms with Gasteiger partial charge in [0.25, 0.3) is 0 Å². The molecular formula is C14H28N2O. The molecule has 1 N–H and O–H groups in total. The van der Waals surface area contributed by atoms with E-state index in [9.17, 15) is 0 Å². The van der Waals surface area contributed by atoms with Crippen LogP contribution in [0.4, 0.5) is 0 Å². The molecule has 0 saturated carbocycles. The molecule has 0 radical (unpaired) electrons. The smallest absolute Gasteiger partial charge is 0.0576 e. The van der Waals surface area contributed by atoms with Gasteiger partial charge < -0.3 is 15.0 Å². The van der Waals surface area contributed by atoms with Gasteiger partial charge in [0.15, 0.2) is 0 Å². The van der Waals surface area contributed by atoms with Crippen LogP contribution in [-0.4, -0.2) is 49.8 Å². The normalized spacial score (nSPS) is 30.9. The molecule has 2 aliphatic heterocycles. The monoisotopic (exact) mass is 240 g/mol. The Hall–Kier alpha value is -0.120. The van der Waals surface area contributed by atoms with Gasteiger partial charge in [-0.15, -0.1) is 0 Å². The second kappa shape index (κ2) is 7.34. The zero-order valence-electron chi connectivity index (χ0n) is 11.3. The molecule has 2 heterocycles. The van der Waals surface area contributed by atoms with E-state index >= 15 is 0 Å². The molecule has 100 valence electrons. The topological polar surface area (TPSA) is 24.5 Å². The van der Waals surface area contributed by atoms with E-state index in [4.69, 9.17) is 4.74 Å². The highest BCUT2D eigenvalue weighted by atomic mass is 16.5. The van der Waals surface area contributed by atoms with Crippen molar-refractivity contribution in [2.45, 2.75) is 57.6 Å². The van der Waals surface area contributed by atoms with Crippen molar-refractivity contribution >= 4 is 0 Å². The third-order valence-electron chi connectivity index (χ3n) is 4.02. The van der Waals surface area contributed by atoms with E-state index in [0.29, 0.717) is 6.10 Å². The number of piperidine rings is 1. The van der Waals surface area contributed by atoms with Crippen molar-refractivity contribution in [1.82, 2.24) is 10.2 Å². The average molecular weight is 240 g/mol. The second-order valence-corrected chi connectivity index (χ2v) is 5.47. The molecular weight excluding hydrogens is 212 g/mol. The van der Waals surface area contributed by atoms with Crippen molar-refractivity contribution in [1.29, 1.82) is 0 Å². The second-order valence-electron chi connectivity index (χ2n) is 5.47. The average Bonchev–Trinajstić information content (AvgIpc) is 2.83. The zero-order valence-corrected chi connectivity index (χ0v) is 11.3. The fourth-order valence-corrected chi connectivity index (χ4v) is 3.13. The van der Waals surface area contributed by atoms with Crippen LogP contribution in [0.3, 0.4) is 0 Å². The van der Waals surface area contributed by atoms with E-state index in [1.807, 2.05) is 0 Å². The number of nitrogens with one attached hydrogen (secondary N) is 1. The molecule has 0 bridgehead atoms. The van der Waals surface area contributed by atoms with Gasteiger partial charge in [0.2, 0.25) is 0 Å². The first-order chi connectivity index (χ1) is 8.38. The van der Waals surface area contributed by atoms with Crippen LogP contribution in [0.2, 0.25) is 0 Å². The number of rotatable bonds is 6. The Labute approximate surface area is 106 Å². The highest BCUT2D eigenvalue weighted by Crippen LogP contribution is 2.18. The van der Waals surface area contributed by atoms with Gasteiger partial charge in [0, 0.05) is 19.2 Å². The summed E-state index contributed by atoms with van der Waals surface area (Å²) in [5, 5.41) is 3.58. The number of nitrogens with zero attached hydrogens (tertiary/aromatic N) is 1. The minimum absolute atomic E-state index is 0.573. The summed E-state index contributed by atoms with van der Waals surface area (Å²) in [6.45, 7) is 8.12. The van der Waals surface area contributed by atoms with Gasteiger partial charge in [-0.3, -0.25) is 0 Å². The lowest BCUT2D eigenvalue weighted by Gasteiger charge is -2.33. The molecule has 2 unspecified atom stereocenters. The predicted octanol–water partition coefficient (Wildman–Crippen LogP) is 2.02. The standard InChI is InChI=1S/C14H28N2O/c1-2-15-13-6-3-9-16(12-13)10-4-7-14-8-5-11-17-14/h13-15H,2-12H2,1H3. The molecule has 0 amide bonds. The van der Waals surface area contributed by atoms with Crippen LogP contribution in [0.1, 0.15) is 45.4 Å². The molecule has 0 aromatic rings. The van der Waals surface area contributed by atoms with Gasteiger partial charge in [0.1, 0.15) is 0 Å². The Morgan fingerprint density at radius 1 is 1.29 bits per heavy atom. The number of likely N-dealkylation sites (tertiary alicyclic amines) is 1. The zero-order chi connectivity index (χ0) is 11.9. The van der Waals surface area contributed by atoms with Crippen molar-refractivity contribution in [2.75, 3.05) is 32.8 Å². The van der Waals surface area contributed by atoms with Crippen molar-refractivity contribution in [3.8, 4) is 0 Å². The molecule has 0 aliphatic carbocycles. The van der Waals surface area contributed by atoms with Crippen molar-refractivity contribution in [3.05, 3.63) is 0 Å². The van der Waals surface area contributed by atoms with Crippen LogP contribution in [0.15, 0.2) is 0 Å². The first kappa shape index (κ1) is 13.3. The fourth-order valence-electron chi connectivity index (χ4n) is 3.13. The van der Waals surface area contributed by atoms with E-state index < -0.39 is 0 Å². The third kappa shape index (κ3) is 4.57. The molecule has 2 fully saturated rings. The summed E-state index contributed by atoms with van der Waals surface area (Å²) >= 11 is 0.